The van der Waals surface area contributed by atoms with Crippen LogP contribution in [-0.4, -0.2) is 32.3 Å². The predicted octanol–water partition coefficient (Wildman–Crippen LogP) is 2.49. The maximum absolute atomic E-state index is 11.1. The molecule has 1 aliphatic rings. The van der Waals surface area contributed by atoms with Gasteiger partial charge in [-0.3, -0.25) is 4.79 Å². The van der Waals surface area contributed by atoms with Crippen molar-refractivity contribution in [3.05, 3.63) is 18.2 Å². The average Bonchev–Trinajstić information content (AvgIpc) is 2.92. The molecule has 1 amide bonds. The predicted molar refractivity (Wildman–Crippen MR) is 79.3 cm³/mol. The number of hydrogen-bond donors (Lipinski definition) is 2. The van der Waals surface area contributed by atoms with E-state index in [0.717, 1.165) is 36.8 Å². The number of ether oxygens (including phenoxy) is 2. The summed E-state index contributed by atoms with van der Waals surface area (Å²) in [5, 5.41) is 6.24. The maximum Gasteiger partial charge on any atom is 0.221 e. The van der Waals surface area contributed by atoms with E-state index in [1.807, 2.05) is 18.2 Å². The molecule has 1 aromatic carbocycles. The first-order chi connectivity index (χ1) is 9.60. The first kappa shape index (κ1) is 14.7. The highest BCUT2D eigenvalue weighted by molar-refractivity contribution is 5.89. The first-order valence-corrected chi connectivity index (χ1v) is 6.90. The van der Waals surface area contributed by atoms with Crippen LogP contribution in [0, 0.1) is 5.92 Å². The molecule has 0 aliphatic carbocycles. The van der Waals surface area contributed by atoms with Crippen molar-refractivity contribution in [3.8, 4) is 5.75 Å². The third-order valence-corrected chi connectivity index (χ3v) is 3.58. The number of carbonyl (C=O) groups excluding carboxylic acids is 1. The third-order valence-electron chi connectivity index (χ3n) is 3.58. The molecule has 0 bridgehead atoms. The molecule has 2 N–H and O–H groups in total. The fourth-order valence-corrected chi connectivity index (χ4v) is 2.41. The SMILES string of the molecule is COc1ccc(NC(C)=O)cc1NC(C)C1CCOC1. The monoisotopic (exact) mass is 278 g/mol. The summed E-state index contributed by atoms with van der Waals surface area (Å²) in [7, 11) is 1.64. The van der Waals surface area contributed by atoms with Gasteiger partial charge in [0.05, 0.1) is 19.4 Å². The summed E-state index contributed by atoms with van der Waals surface area (Å²) in [6.45, 7) is 5.27. The van der Waals surface area contributed by atoms with Crippen LogP contribution in [0.5, 0.6) is 5.75 Å². The number of methoxy groups -OCH3 is 1. The number of hydrogen-bond acceptors (Lipinski definition) is 4. The third kappa shape index (κ3) is 3.63. The van der Waals surface area contributed by atoms with Crippen molar-refractivity contribution in [2.45, 2.75) is 26.3 Å². The molecule has 1 aliphatic heterocycles. The van der Waals surface area contributed by atoms with Crippen LogP contribution in [0.2, 0.25) is 0 Å². The second-order valence-electron chi connectivity index (χ2n) is 5.15. The van der Waals surface area contributed by atoms with Gasteiger partial charge >= 0.3 is 0 Å². The highest BCUT2D eigenvalue weighted by Gasteiger charge is 2.23. The summed E-state index contributed by atoms with van der Waals surface area (Å²) in [5.74, 6) is 1.19. The summed E-state index contributed by atoms with van der Waals surface area (Å²) >= 11 is 0. The van der Waals surface area contributed by atoms with Crippen molar-refractivity contribution in [2.75, 3.05) is 31.0 Å². The van der Waals surface area contributed by atoms with Crippen LogP contribution in [0.3, 0.4) is 0 Å². The van der Waals surface area contributed by atoms with Gasteiger partial charge in [0.25, 0.3) is 0 Å². The van der Waals surface area contributed by atoms with Gasteiger partial charge < -0.3 is 20.1 Å². The summed E-state index contributed by atoms with van der Waals surface area (Å²) < 4.78 is 10.8. The van der Waals surface area contributed by atoms with Gasteiger partial charge in [-0.05, 0) is 31.5 Å². The summed E-state index contributed by atoms with van der Waals surface area (Å²) in [5.41, 5.74) is 1.65. The molecule has 1 heterocycles. The van der Waals surface area contributed by atoms with Gasteiger partial charge in [-0.1, -0.05) is 0 Å². The number of amides is 1. The molecule has 5 nitrogen and oxygen atoms in total. The van der Waals surface area contributed by atoms with E-state index in [0.29, 0.717) is 12.0 Å². The van der Waals surface area contributed by atoms with Gasteiger partial charge in [0.15, 0.2) is 0 Å². The molecule has 0 radical (unpaired) electrons. The Morgan fingerprint density at radius 2 is 2.30 bits per heavy atom. The van der Waals surface area contributed by atoms with Crippen LogP contribution in [0.1, 0.15) is 20.3 Å². The molecule has 2 atom stereocenters. The highest BCUT2D eigenvalue weighted by Crippen LogP contribution is 2.30. The molecule has 0 aromatic heterocycles. The van der Waals surface area contributed by atoms with Crippen LogP contribution in [0.25, 0.3) is 0 Å². The van der Waals surface area contributed by atoms with Gasteiger partial charge in [0.1, 0.15) is 5.75 Å². The number of rotatable bonds is 5. The van der Waals surface area contributed by atoms with Crippen LogP contribution < -0.4 is 15.4 Å². The van der Waals surface area contributed by atoms with E-state index in [2.05, 4.69) is 17.6 Å². The molecular weight excluding hydrogens is 256 g/mol. The van der Waals surface area contributed by atoms with Crippen LogP contribution in [0.15, 0.2) is 18.2 Å². The minimum Gasteiger partial charge on any atom is -0.495 e. The standard InChI is InChI=1S/C15H22N2O3/c1-10(12-6-7-20-9-12)16-14-8-13(17-11(2)18)4-5-15(14)19-3/h4-5,8,10,12,16H,6-7,9H2,1-3H3,(H,17,18). The van der Waals surface area contributed by atoms with Crippen LogP contribution in [-0.2, 0) is 9.53 Å². The zero-order chi connectivity index (χ0) is 14.5. The van der Waals surface area contributed by atoms with E-state index in [-0.39, 0.29) is 5.91 Å². The van der Waals surface area contributed by atoms with Crippen molar-refractivity contribution < 1.29 is 14.3 Å². The van der Waals surface area contributed by atoms with Gasteiger partial charge in [0, 0.05) is 31.2 Å². The normalized spacial score (nSPS) is 19.4. The lowest BCUT2D eigenvalue weighted by atomic mass is 10.0. The first-order valence-electron chi connectivity index (χ1n) is 6.90. The van der Waals surface area contributed by atoms with E-state index in [1.165, 1.54) is 6.92 Å². The van der Waals surface area contributed by atoms with Gasteiger partial charge in [0.2, 0.25) is 5.91 Å². The number of nitrogens with one attached hydrogen (secondary N) is 2. The molecule has 1 fully saturated rings. The highest BCUT2D eigenvalue weighted by atomic mass is 16.5. The van der Waals surface area contributed by atoms with Crippen LogP contribution >= 0.6 is 0 Å². The Balaban J connectivity index is 2.12. The second-order valence-corrected chi connectivity index (χ2v) is 5.15. The van der Waals surface area contributed by atoms with Crippen molar-refractivity contribution >= 4 is 17.3 Å². The molecule has 5 heteroatoms. The largest absolute Gasteiger partial charge is 0.495 e. The van der Waals surface area contributed by atoms with E-state index >= 15 is 0 Å². The Bertz CT molecular complexity index is 470. The molecule has 110 valence electrons. The Morgan fingerprint density at radius 3 is 2.90 bits per heavy atom. The van der Waals surface area contributed by atoms with E-state index in [4.69, 9.17) is 9.47 Å². The molecule has 2 rings (SSSR count). The van der Waals surface area contributed by atoms with Crippen molar-refractivity contribution in [1.29, 1.82) is 0 Å². The average molecular weight is 278 g/mol. The summed E-state index contributed by atoms with van der Waals surface area (Å²) in [4.78, 5) is 11.1. The lowest BCUT2D eigenvalue weighted by molar-refractivity contribution is -0.114. The van der Waals surface area contributed by atoms with Crippen molar-refractivity contribution in [1.82, 2.24) is 0 Å². The molecular formula is C15H22N2O3. The van der Waals surface area contributed by atoms with Gasteiger partial charge in [-0.2, -0.15) is 0 Å². The van der Waals surface area contributed by atoms with E-state index < -0.39 is 0 Å². The molecule has 2 unspecified atom stereocenters. The quantitative estimate of drug-likeness (QED) is 0.868. The Kier molecular flexibility index (Phi) is 4.84. The van der Waals surface area contributed by atoms with Gasteiger partial charge in [-0.25, -0.2) is 0 Å². The minimum absolute atomic E-state index is 0.0849. The molecule has 0 saturated carbocycles. The topological polar surface area (TPSA) is 59.6 Å². The molecule has 20 heavy (non-hydrogen) atoms. The maximum atomic E-state index is 11.1. The number of benzene rings is 1. The van der Waals surface area contributed by atoms with E-state index in [9.17, 15) is 4.79 Å². The Hall–Kier alpha value is -1.75. The number of anilines is 2. The van der Waals surface area contributed by atoms with E-state index in [1.54, 1.807) is 7.11 Å². The van der Waals surface area contributed by atoms with Crippen molar-refractivity contribution in [3.63, 3.8) is 0 Å². The van der Waals surface area contributed by atoms with Crippen molar-refractivity contribution in [2.24, 2.45) is 5.92 Å². The molecule has 1 aromatic rings. The molecule has 1 saturated heterocycles. The minimum atomic E-state index is -0.0849. The Morgan fingerprint density at radius 1 is 1.50 bits per heavy atom. The lowest BCUT2D eigenvalue weighted by Crippen LogP contribution is -2.26. The molecule has 0 spiro atoms. The summed E-state index contributed by atoms with van der Waals surface area (Å²) in [6, 6.07) is 5.87. The Labute approximate surface area is 119 Å². The zero-order valence-electron chi connectivity index (χ0n) is 12.2. The summed E-state index contributed by atoms with van der Waals surface area (Å²) in [6.07, 6.45) is 1.07. The smallest absolute Gasteiger partial charge is 0.221 e. The van der Waals surface area contributed by atoms with Gasteiger partial charge in [-0.15, -0.1) is 0 Å². The zero-order valence-corrected chi connectivity index (χ0v) is 12.2. The van der Waals surface area contributed by atoms with Crippen LogP contribution in [0.4, 0.5) is 11.4 Å². The lowest BCUT2D eigenvalue weighted by Gasteiger charge is -2.22. The second kappa shape index (κ2) is 6.61. The number of carbonyl (C=O) groups is 1. The fraction of sp³-hybridized carbons (Fsp3) is 0.533. The fourth-order valence-electron chi connectivity index (χ4n) is 2.41.